The number of nitrogens with zero attached hydrogens (tertiary/aromatic N) is 3. The highest BCUT2D eigenvalue weighted by molar-refractivity contribution is 5.96. The number of carbonyl (C=O) groups excluding carboxylic acids is 1. The molecule has 0 unspecified atom stereocenters. The summed E-state index contributed by atoms with van der Waals surface area (Å²) in [7, 11) is 7.99. The lowest BCUT2D eigenvalue weighted by Gasteiger charge is -2.24. The van der Waals surface area contributed by atoms with Crippen LogP contribution in [0.15, 0.2) is 41.0 Å². The zero-order valence-corrected chi connectivity index (χ0v) is 11.9. The summed E-state index contributed by atoms with van der Waals surface area (Å²) in [6, 6.07) is 0. The number of quaternary nitrogens is 1. The van der Waals surface area contributed by atoms with Crippen molar-refractivity contribution in [1.82, 2.24) is 10.2 Å². The van der Waals surface area contributed by atoms with Crippen LogP contribution in [0.5, 0.6) is 0 Å². The average Bonchev–Trinajstić information content (AvgIpc) is 2.30. The molecule has 0 spiro atoms. The first kappa shape index (κ1) is 15.1. The summed E-state index contributed by atoms with van der Waals surface area (Å²) in [6.45, 7) is 1.45. The molecule has 1 aliphatic heterocycles. The molecular formula is C13H21N4O2+. The highest BCUT2D eigenvalue weighted by atomic mass is 16.2. The molecule has 0 saturated heterocycles. The fraction of sp³-hybridized carbons (Fsp3) is 0.462. The molecule has 104 valence electrons. The number of likely N-dealkylation sites (N-methyl/N-ethyl adjacent to an activating group) is 2. The Balaban J connectivity index is 2.62. The lowest BCUT2D eigenvalue weighted by Crippen LogP contribution is -2.42. The molecule has 0 radical (unpaired) electrons. The molecule has 0 fully saturated rings. The van der Waals surface area contributed by atoms with Crippen molar-refractivity contribution in [3.63, 3.8) is 0 Å². The Morgan fingerprint density at radius 3 is 2.74 bits per heavy atom. The zero-order chi connectivity index (χ0) is 14.5. The third kappa shape index (κ3) is 5.05. The van der Waals surface area contributed by atoms with Crippen LogP contribution in [0.25, 0.3) is 0 Å². The fourth-order valence-corrected chi connectivity index (χ4v) is 1.52. The van der Waals surface area contributed by atoms with Crippen LogP contribution in [0.2, 0.25) is 0 Å². The summed E-state index contributed by atoms with van der Waals surface area (Å²) >= 11 is 0. The molecule has 1 amide bonds. The second-order valence-electron chi connectivity index (χ2n) is 5.46. The largest absolute Gasteiger partial charge is 0.350 e. The maximum atomic E-state index is 11.9. The van der Waals surface area contributed by atoms with Crippen LogP contribution in [0.1, 0.15) is 0 Å². The number of nitroso groups, excluding NO2 is 1. The van der Waals surface area contributed by atoms with E-state index in [1.54, 1.807) is 30.3 Å². The first-order valence-corrected chi connectivity index (χ1v) is 6.07. The SMILES string of the molecule is CN1C=CC(C(=O)NCC[N+](C)(C)C)=C/C1=C/N=O. The quantitative estimate of drug-likeness (QED) is 0.591. The number of hydrogen-bond acceptors (Lipinski definition) is 4. The lowest BCUT2D eigenvalue weighted by molar-refractivity contribution is -0.869. The molecule has 1 rings (SSSR count). The van der Waals surface area contributed by atoms with E-state index < -0.39 is 0 Å². The summed E-state index contributed by atoms with van der Waals surface area (Å²) in [5.74, 6) is -0.144. The molecule has 0 aliphatic carbocycles. The van der Waals surface area contributed by atoms with Gasteiger partial charge in [-0.2, -0.15) is 0 Å². The number of amides is 1. The van der Waals surface area contributed by atoms with Crippen LogP contribution in [0.3, 0.4) is 0 Å². The molecule has 0 aromatic carbocycles. The van der Waals surface area contributed by atoms with Crippen molar-refractivity contribution in [2.75, 3.05) is 41.3 Å². The molecule has 0 bridgehead atoms. The van der Waals surface area contributed by atoms with E-state index in [0.717, 1.165) is 11.0 Å². The summed E-state index contributed by atoms with van der Waals surface area (Å²) in [5.41, 5.74) is 1.11. The highest BCUT2D eigenvalue weighted by Crippen LogP contribution is 2.15. The topological polar surface area (TPSA) is 61.8 Å². The van der Waals surface area contributed by atoms with Gasteiger partial charge < -0.3 is 14.7 Å². The van der Waals surface area contributed by atoms with E-state index in [1.807, 2.05) is 0 Å². The van der Waals surface area contributed by atoms with Gasteiger partial charge in [-0.05, 0) is 17.3 Å². The van der Waals surface area contributed by atoms with E-state index in [9.17, 15) is 9.70 Å². The van der Waals surface area contributed by atoms with Gasteiger partial charge in [0, 0.05) is 18.8 Å². The molecule has 0 aromatic heterocycles. The molecule has 6 heteroatoms. The minimum absolute atomic E-state index is 0.144. The van der Waals surface area contributed by atoms with Crippen molar-refractivity contribution < 1.29 is 9.28 Å². The van der Waals surface area contributed by atoms with Crippen molar-refractivity contribution in [3.05, 3.63) is 40.7 Å². The van der Waals surface area contributed by atoms with E-state index in [1.165, 1.54) is 6.20 Å². The lowest BCUT2D eigenvalue weighted by atomic mass is 10.1. The minimum Gasteiger partial charge on any atom is -0.350 e. The van der Waals surface area contributed by atoms with Crippen LogP contribution in [0.4, 0.5) is 0 Å². The molecule has 19 heavy (non-hydrogen) atoms. The monoisotopic (exact) mass is 265 g/mol. The second kappa shape index (κ2) is 6.29. The summed E-state index contributed by atoms with van der Waals surface area (Å²) in [6.07, 6.45) is 6.26. The molecule has 1 aliphatic rings. The van der Waals surface area contributed by atoms with E-state index >= 15 is 0 Å². The van der Waals surface area contributed by atoms with Gasteiger partial charge in [0.05, 0.1) is 46.1 Å². The first-order chi connectivity index (χ1) is 8.83. The number of allylic oxidation sites excluding steroid dienone is 1. The maximum absolute atomic E-state index is 11.9. The van der Waals surface area contributed by atoms with Gasteiger partial charge in [-0.1, -0.05) is 0 Å². The van der Waals surface area contributed by atoms with Gasteiger partial charge in [0.2, 0.25) is 0 Å². The Labute approximate surface area is 113 Å². The molecule has 0 atom stereocenters. The average molecular weight is 265 g/mol. The van der Waals surface area contributed by atoms with Crippen LogP contribution < -0.4 is 5.32 Å². The third-order valence-electron chi connectivity index (χ3n) is 2.70. The van der Waals surface area contributed by atoms with Crippen molar-refractivity contribution in [2.45, 2.75) is 0 Å². The Morgan fingerprint density at radius 2 is 2.16 bits per heavy atom. The van der Waals surface area contributed by atoms with Gasteiger partial charge in [0.25, 0.3) is 5.91 Å². The molecule has 1 heterocycles. The van der Waals surface area contributed by atoms with Gasteiger partial charge in [0.1, 0.15) is 0 Å². The predicted octanol–water partition coefficient (Wildman–Crippen LogP) is 0.802. The Kier molecular flexibility index (Phi) is 5.00. The maximum Gasteiger partial charge on any atom is 0.251 e. The summed E-state index contributed by atoms with van der Waals surface area (Å²) in [4.78, 5) is 23.9. The Morgan fingerprint density at radius 1 is 1.47 bits per heavy atom. The van der Waals surface area contributed by atoms with Crippen molar-refractivity contribution in [1.29, 1.82) is 0 Å². The van der Waals surface area contributed by atoms with Crippen LogP contribution in [-0.2, 0) is 4.79 Å². The van der Waals surface area contributed by atoms with Crippen LogP contribution in [0, 0.1) is 4.91 Å². The van der Waals surface area contributed by atoms with Crippen molar-refractivity contribution in [3.8, 4) is 0 Å². The zero-order valence-electron chi connectivity index (χ0n) is 11.9. The van der Waals surface area contributed by atoms with Gasteiger partial charge in [-0.25, -0.2) is 0 Å². The van der Waals surface area contributed by atoms with E-state index in [-0.39, 0.29) is 5.91 Å². The number of nitrogens with one attached hydrogen (secondary N) is 1. The first-order valence-electron chi connectivity index (χ1n) is 6.07. The van der Waals surface area contributed by atoms with Gasteiger partial charge >= 0.3 is 0 Å². The van der Waals surface area contributed by atoms with Gasteiger partial charge in [-0.15, -0.1) is 4.91 Å². The summed E-state index contributed by atoms with van der Waals surface area (Å²) in [5, 5.41) is 5.59. The Hall–Kier alpha value is -1.95. The van der Waals surface area contributed by atoms with Gasteiger partial charge in [0.15, 0.2) is 0 Å². The number of carbonyl (C=O) groups is 1. The number of rotatable bonds is 5. The van der Waals surface area contributed by atoms with Crippen molar-refractivity contribution >= 4 is 5.91 Å². The minimum atomic E-state index is -0.144. The molecule has 0 saturated carbocycles. The van der Waals surface area contributed by atoms with E-state index in [2.05, 4.69) is 31.6 Å². The van der Waals surface area contributed by atoms with Crippen molar-refractivity contribution in [2.24, 2.45) is 5.18 Å². The second-order valence-corrected chi connectivity index (χ2v) is 5.46. The smallest absolute Gasteiger partial charge is 0.251 e. The predicted molar refractivity (Wildman–Crippen MR) is 74.8 cm³/mol. The van der Waals surface area contributed by atoms with E-state index in [4.69, 9.17) is 0 Å². The van der Waals surface area contributed by atoms with Crippen LogP contribution in [-0.4, -0.2) is 56.6 Å². The standard InChI is InChI=1S/C13H20N4O2/c1-16-7-5-11(9-12(16)10-15-19)13(18)14-6-8-17(2,3)4/h5,7,9-10H,6,8H2,1-4H3/p+1/b12-10-. The molecule has 0 aromatic rings. The van der Waals surface area contributed by atoms with Gasteiger partial charge in [-0.3, -0.25) is 4.79 Å². The molecule has 1 N–H and O–H groups in total. The molecule has 6 nitrogen and oxygen atoms in total. The normalized spacial score (nSPS) is 17.4. The fourth-order valence-electron chi connectivity index (χ4n) is 1.52. The Bertz CT molecular complexity index is 444. The van der Waals surface area contributed by atoms with Crippen LogP contribution >= 0.6 is 0 Å². The number of hydrogen-bond donors (Lipinski definition) is 1. The highest BCUT2D eigenvalue weighted by Gasteiger charge is 2.14. The molecular weight excluding hydrogens is 244 g/mol. The summed E-state index contributed by atoms with van der Waals surface area (Å²) < 4.78 is 0.790. The third-order valence-corrected chi connectivity index (χ3v) is 2.70. The van der Waals surface area contributed by atoms with E-state index in [0.29, 0.717) is 17.8 Å².